The molecule has 0 aliphatic rings. The molecule has 0 radical (unpaired) electrons. The van der Waals surface area contributed by atoms with Crippen molar-refractivity contribution in [3.8, 4) is 6.07 Å². The Morgan fingerprint density at radius 2 is 1.88 bits per heavy atom. The van der Waals surface area contributed by atoms with E-state index in [4.69, 9.17) is 5.26 Å². The van der Waals surface area contributed by atoms with Gasteiger partial charge in [0.15, 0.2) is 0 Å². The van der Waals surface area contributed by atoms with E-state index < -0.39 is 5.92 Å². The minimum Gasteiger partial charge on any atom is -0.353 e. The van der Waals surface area contributed by atoms with Crippen molar-refractivity contribution in [2.45, 2.75) is 13.3 Å². The van der Waals surface area contributed by atoms with E-state index in [1.807, 2.05) is 6.07 Å². The van der Waals surface area contributed by atoms with Crippen LogP contribution >= 0.6 is 0 Å². The summed E-state index contributed by atoms with van der Waals surface area (Å²) in [4.78, 5) is 23.8. The Labute approximate surface area is 95.6 Å². The topological polar surface area (TPSA) is 85.2 Å². The quantitative estimate of drug-likeness (QED) is 0.643. The van der Waals surface area contributed by atoms with Crippen LogP contribution in [0.2, 0.25) is 0 Å². The number of nitrogens with zero attached hydrogens (tertiary/aromatic N) is 2. The molecule has 1 atom stereocenters. The number of hydrogen-bond acceptors (Lipinski definition) is 3. The van der Waals surface area contributed by atoms with Gasteiger partial charge in [0, 0.05) is 27.2 Å². The molecular weight excluding hydrogens is 208 g/mol. The van der Waals surface area contributed by atoms with Crippen LogP contribution in [0, 0.1) is 17.2 Å². The molecule has 0 heterocycles. The summed E-state index contributed by atoms with van der Waals surface area (Å²) in [5.74, 6) is -0.895. The molecule has 0 rings (SSSR count). The van der Waals surface area contributed by atoms with Crippen molar-refractivity contribution in [3.05, 3.63) is 0 Å². The number of nitriles is 1. The summed E-state index contributed by atoms with van der Waals surface area (Å²) in [7, 11) is 3.27. The number of carbonyl (C=O) groups excluding carboxylic acids is 2. The molecule has 2 N–H and O–H groups in total. The molecule has 0 fully saturated rings. The molecule has 0 spiro atoms. The van der Waals surface area contributed by atoms with Gasteiger partial charge in [-0.05, 0) is 6.42 Å². The maximum atomic E-state index is 11.3. The molecular formula is C10H18N4O2. The number of hydrogen-bond donors (Lipinski definition) is 2. The Hall–Kier alpha value is -1.77. The second-order valence-corrected chi connectivity index (χ2v) is 3.51. The molecule has 0 aliphatic carbocycles. The SMILES string of the molecule is CCC(C#N)C(=O)NCCNC(=O)N(C)C. The first-order valence-electron chi connectivity index (χ1n) is 5.15. The summed E-state index contributed by atoms with van der Waals surface area (Å²) in [6.45, 7) is 2.46. The van der Waals surface area contributed by atoms with Gasteiger partial charge in [0.1, 0.15) is 5.92 Å². The summed E-state index contributed by atoms with van der Waals surface area (Å²) in [5.41, 5.74) is 0. The second-order valence-electron chi connectivity index (χ2n) is 3.51. The van der Waals surface area contributed by atoms with Gasteiger partial charge in [-0.1, -0.05) is 6.92 Å². The first kappa shape index (κ1) is 14.2. The third-order valence-electron chi connectivity index (χ3n) is 1.99. The van der Waals surface area contributed by atoms with Gasteiger partial charge in [0.05, 0.1) is 6.07 Å². The van der Waals surface area contributed by atoms with Crippen molar-refractivity contribution in [1.82, 2.24) is 15.5 Å². The minimum absolute atomic E-state index is 0.207. The van der Waals surface area contributed by atoms with Crippen LogP contribution in [-0.4, -0.2) is 44.0 Å². The van der Waals surface area contributed by atoms with Crippen molar-refractivity contribution in [3.63, 3.8) is 0 Å². The Balaban J connectivity index is 3.72. The van der Waals surface area contributed by atoms with Crippen LogP contribution in [0.5, 0.6) is 0 Å². The predicted octanol–water partition coefficient (Wildman–Crippen LogP) is -0.0764. The van der Waals surface area contributed by atoms with E-state index in [1.165, 1.54) is 4.90 Å². The van der Waals surface area contributed by atoms with Gasteiger partial charge in [0.2, 0.25) is 5.91 Å². The molecule has 90 valence electrons. The number of urea groups is 1. The van der Waals surface area contributed by atoms with Gasteiger partial charge in [-0.2, -0.15) is 5.26 Å². The Bertz CT molecular complexity index is 283. The highest BCUT2D eigenvalue weighted by Gasteiger charge is 2.14. The lowest BCUT2D eigenvalue weighted by Crippen LogP contribution is -2.40. The zero-order valence-corrected chi connectivity index (χ0v) is 9.91. The fraction of sp³-hybridized carbons (Fsp3) is 0.700. The van der Waals surface area contributed by atoms with E-state index in [9.17, 15) is 9.59 Å². The largest absolute Gasteiger partial charge is 0.353 e. The lowest BCUT2D eigenvalue weighted by molar-refractivity contribution is -0.123. The van der Waals surface area contributed by atoms with Crippen LogP contribution in [0.25, 0.3) is 0 Å². The molecule has 0 saturated heterocycles. The fourth-order valence-corrected chi connectivity index (χ4v) is 0.972. The van der Waals surface area contributed by atoms with E-state index in [0.717, 1.165) is 0 Å². The molecule has 0 aromatic carbocycles. The number of amides is 3. The van der Waals surface area contributed by atoms with E-state index in [-0.39, 0.29) is 11.9 Å². The first-order valence-corrected chi connectivity index (χ1v) is 5.15. The van der Waals surface area contributed by atoms with Crippen molar-refractivity contribution >= 4 is 11.9 Å². The highest BCUT2D eigenvalue weighted by atomic mass is 16.2. The van der Waals surface area contributed by atoms with Crippen LogP contribution < -0.4 is 10.6 Å². The molecule has 0 aliphatic heterocycles. The van der Waals surface area contributed by atoms with Crippen molar-refractivity contribution in [2.24, 2.45) is 5.92 Å². The van der Waals surface area contributed by atoms with Gasteiger partial charge in [0.25, 0.3) is 0 Å². The van der Waals surface area contributed by atoms with Crippen LogP contribution in [0.3, 0.4) is 0 Å². The normalized spacial score (nSPS) is 11.1. The summed E-state index contributed by atoms with van der Waals surface area (Å²) in [6, 6.07) is 1.70. The highest BCUT2D eigenvalue weighted by molar-refractivity contribution is 5.81. The number of nitrogens with one attached hydrogen (secondary N) is 2. The lowest BCUT2D eigenvalue weighted by atomic mass is 10.1. The molecule has 1 unspecified atom stereocenters. The summed E-state index contributed by atoms with van der Waals surface area (Å²) in [6.07, 6.45) is 0.492. The van der Waals surface area contributed by atoms with E-state index >= 15 is 0 Å². The van der Waals surface area contributed by atoms with Crippen LogP contribution in [0.15, 0.2) is 0 Å². The molecule has 0 aromatic heterocycles. The van der Waals surface area contributed by atoms with Crippen LogP contribution in [0.1, 0.15) is 13.3 Å². The minimum atomic E-state index is -0.607. The van der Waals surface area contributed by atoms with Crippen molar-refractivity contribution < 1.29 is 9.59 Å². The van der Waals surface area contributed by atoms with Crippen LogP contribution in [0.4, 0.5) is 4.79 Å². The molecule has 0 bridgehead atoms. The highest BCUT2D eigenvalue weighted by Crippen LogP contribution is 1.98. The molecule has 16 heavy (non-hydrogen) atoms. The maximum Gasteiger partial charge on any atom is 0.316 e. The average molecular weight is 226 g/mol. The van der Waals surface area contributed by atoms with Gasteiger partial charge >= 0.3 is 6.03 Å². The molecule has 0 saturated carbocycles. The first-order chi connectivity index (χ1) is 7.52. The third kappa shape index (κ3) is 5.20. The van der Waals surface area contributed by atoms with Gasteiger partial charge in [-0.25, -0.2) is 4.79 Å². The summed E-state index contributed by atoms with van der Waals surface area (Å²) >= 11 is 0. The standard InChI is InChI=1S/C10H18N4O2/c1-4-8(7-11)9(15)12-5-6-13-10(16)14(2)3/h8H,4-6H2,1-3H3,(H,12,15)(H,13,16). The fourth-order valence-electron chi connectivity index (χ4n) is 0.972. The second kappa shape index (κ2) is 7.51. The van der Waals surface area contributed by atoms with Crippen molar-refractivity contribution in [2.75, 3.05) is 27.2 Å². The van der Waals surface area contributed by atoms with E-state index in [0.29, 0.717) is 19.5 Å². The molecule has 6 heteroatoms. The number of rotatable bonds is 5. The summed E-state index contributed by atoms with van der Waals surface area (Å²) in [5, 5.41) is 13.8. The van der Waals surface area contributed by atoms with Gasteiger partial charge < -0.3 is 15.5 Å². The zero-order chi connectivity index (χ0) is 12.6. The Morgan fingerprint density at radius 3 is 2.31 bits per heavy atom. The predicted molar refractivity (Wildman–Crippen MR) is 59.5 cm³/mol. The average Bonchev–Trinajstić information content (AvgIpc) is 2.25. The summed E-state index contributed by atoms with van der Waals surface area (Å²) < 4.78 is 0. The zero-order valence-electron chi connectivity index (χ0n) is 9.91. The molecule has 3 amide bonds. The Morgan fingerprint density at radius 1 is 1.31 bits per heavy atom. The van der Waals surface area contributed by atoms with Gasteiger partial charge in [-0.15, -0.1) is 0 Å². The van der Waals surface area contributed by atoms with Crippen molar-refractivity contribution in [1.29, 1.82) is 5.26 Å². The lowest BCUT2D eigenvalue weighted by Gasteiger charge is -2.12. The van der Waals surface area contributed by atoms with E-state index in [1.54, 1.807) is 21.0 Å². The third-order valence-corrected chi connectivity index (χ3v) is 1.99. The van der Waals surface area contributed by atoms with E-state index in [2.05, 4.69) is 10.6 Å². The number of carbonyl (C=O) groups is 2. The van der Waals surface area contributed by atoms with Crippen LogP contribution in [-0.2, 0) is 4.79 Å². The smallest absolute Gasteiger partial charge is 0.316 e. The monoisotopic (exact) mass is 226 g/mol. The Kier molecular flexibility index (Phi) is 6.68. The molecule has 0 aromatic rings. The molecule has 6 nitrogen and oxygen atoms in total. The van der Waals surface area contributed by atoms with Gasteiger partial charge in [-0.3, -0.25) is 4.79 Å². The maximum absolute atomic E-state index is 11.3.